The number of aromatic nitrogens is 3. The highest BCUT2D eigenvalue weighted by molar-refractivity contribution is 6.24. The summed E-state index contributed by atoms with van der Waals surface area (Å²) in [5.74, 6) is -1.81. The second-order valence-corrected chi connectivity index (χ2v) is 15.6. The third kappa shape index (κ3) is 7.15. The number of nitrogens with one attached hydrogen (secondary N) is 4. The van der Waals surface area contributed by atoms with Crippen LogP contribution in [0.4, 0.5) is 0 Å². The number of aromatic amines is 3. The summed E-state index contributed by atoms with van der Waals surface area (Å²) >= 11 is 0. The van der Waals surface area contributed by atoms with Gasteiger partial charge in [-0.05, 0) is 119 Å². The Hall–Kier alpha value is -4.79. The van der Waals surface area contributed by atoms with E-state index in [1.165, 1.54) is 25.5 Å². The van der Waals surface area contributed by atoms with Crippen LogP contribution in [0.15, 0.2) is 23.0 Å². The van der Waals surface area contributed by atoms with E-state index in [2.05, 4.69) is 87.8 Å². The van der Waals surface area contributed by atoms with Gasteiger partial charge in [0.1, 0.15) is 12.5 Å². The Balaban J connectivity index is 1.42. The Kier molecular flexibility index (Phi) is 10.9. The number of allylic oxidation sites excluding steroid dienone is 3. The number of carbonyl (C=O) groups is 3. The summed E-state index contributed by atoms with van der Waals surface area (Å²) in [7, 11) is 1.32. The zero-order valence-corrected chi connectivity index (χ0v) is 33.1. The zero-order valence-electron chi connectivity index (χ0n) is 33.1. The van der Waals surface area contributed by atoms with Crippen LogP contribution in [0, 0.1) is 58.3 Å². The molecule has 4 N–H and O–H groups in total. The maximum absolute atomic E-state index is 14.2. The fraction of sp³-hybridized carbons (Fsp3) is 0.477. The van der Waals surface area contributed by atoms with E-state index < -0.39 is 11.9 Å². The molecule has 8 bridgehead atoms. The molecule has 2 aliphatic heterocycles. The van der Waals surface area contributed by atoms with Crippen LogP contribution in [-0.2, 0) is 19.1 Å². The van der Waals surface area contributed by atoms with Crippen molar-refractivity contribution in [2.24, 2.45) is 23.7 Å². The molecule has 4 atom stereocenters. The van der Waals surface area contributed by atoms with Crippen molar-refractivity contribution in [1.29, 1.82) is 0 Å². The number of methoxy groups -OCH3 is 1. The fourth-order valence-electron chi connectivity index (χ4n) is 8.13. The van der Waals surface area contributed by atoms with Gasteiger partial charge < -0.3 is 29.7 Å². The SMILES string of the molecule is CC[C@@H](C)CCC/C(C)=C\COC(=O)CC[C@@H]1/C2=C3/c4[nH]c(c(C)c4C(=O)[C@@H]3C(=O)OC)/C=c3\[nH]/c(c(C)c3C)=C\c3[nH]c(c(C)c3C)/C=C(\N2)[C@H]1C. The Bertz CT molecular complexity index is 2180. The number of ketones is 1. The minimum atomic E-state index is -1.12. The molecule has 53 heavy (non-hydrogen) atoms. The predicted octanol–water partition coefficient (Wildman–Crippen LogP) is 7.26. The lowest BCUT2D eigenvalue weighted by Gasteiger charge is -2.19. The van der Waals surface area contributed by atoms with Gasteiger partial charge in [-0.3, -0.25) is 14.4 Å². The molecule has 3 aromatic rings. The van der Waals surface area contributed by atoms with Crippen molar-refractivity contribution in [3.63, 3.8) is 0 Å². The highest BCUT2D eigenvalue weighted by atomic mass is 16.5. The van der Waals surface area contributed by atoms with Crippen LogP contribution in [0.1, 0.15) is 127 Å². The molecule has 9 heteroatoms. The maximum Gasteiger partial charge on any atom is 0.321 e. The van der Waals surface area contributed by atoms with E-state index in [9.17, 15) is 14.4 Å². The van der Waals surface area contributed by atoms with Gasteiger partial charge in [-0.2, -0.15) is 0 Å². The lowest BCUT2D eigenvalue weighted by molar-refractivity contribution is -0.143. The number of fused-ring (bicyclic) bond motifs is 7. The lowest BCUT2D eigenvalue weighted by Crippen LogP contribution is -2.25. The molecule has 0 unspecified atom stereocenters. The van der Waals surface area contributed by atoms with Gasteiger partial charge in [0, 0.05) is 68.6 Å². The van der Waals surface area contributed by atoms with Crippen molar-refractivity contribution in [2.75, 3.05) is 13.7 Å². The molecule has 1 saturated heterocycles. The number of hydrogen-bond donors (Lipinski definition) is 4. The van der Waals surface area contributed by atoms with Gasteiger partial charge in [-0.1, -0.05) is 39.2 Å². The van der Waals surface area contributed by atoms with Crippen LogP contribution >= 0.6 is 0 Å². The van der Waals surface area contributed by atoms with E-state index >= 15 is 0 Å². The maximum atomic E-state index is 14.2. The van der Waals surface area contributed by atoms with Gasteiger partial charge in [0.05, 0.1) is 12.8 Å². The highest BCUT2D eigenvalue weighted by Gasteiger charge is 2.48. The minimum absolute atomic E-state index is 0.0564. The Morgan fingerprint density at radius 3 is 2.17 bits per heavy atom. The van der Waals surface area contributed by atoms with E-state index in [4.69, 9.17) is 9.47 Å². The smallest absolute Gasteiger partial charge is 0.321 e. The topological polar surface area (TPSA) is 129 Å². The average molecular weight is 721 g/mol. The monoisotopic (exact) mass is 720 g/mol. The molecule has 1 fully saturated rings. The first-order valence-corrected chi connectivity index (χ1v) is 19.2. The number of ether oxygens (including phenoxy) is 2. The van der Waals surface area contributed by atoms with E-state index in [-0.39, 0.29) is 36.6 Å². The predicted molar refractivity (Wildman–Crippen MR) is 210 cm³/mol. The first kappa shape index (κ1) is 38.0. The standard InChI is InChI=1S/C44H56N4O5/c1-11-22(2)13-12-14-23(3)17-18-53-37(49)16-15-30-28(8)35-20-33-26(6)24(4)31(45-33)19-32-25(5)27(7)34(46-32)21-36-29(9)38-42(48-36)39(41(30)47-35)40(43(38)50)44(51)52-10/h17,19-22,28,30,40,45-48H,11-16,18H2,1-10H3/b23-17-,32-19-,34-21-,35-20-,41-39-/t22-,28+,30+,40-/m1/s1. The number of hydrogen-bond acceptors (Lipinski definition) is 6. The third-order valence-electron chi connectivity index (χ3n) is 12.3. The molecule has 1 aliphatic carbocycles. The minimum Gasteiger partial charge on any atom is -0.468 e. The summed E-state index contributed by atoms with van der Waals surface area (Å²) in [6.07, 6.45) is 13.5. The Labute approximate surface area is 313 Å². The van der Waals surface area contributed by atoms with Crippen molar-refractivity contribution >= 4 is 41.5 Å². The van der Waals surface area contributed by atoms with Gasteiger partial charge in [0.2, 0.25) is 0 Å². The number of esters is 2. The van der Waals surface area contributed by atoms with Crippen molar-refractivity contribution < 1.29 is 23.9 Å². The van der Waals surface area contributed by atoms with Crippen molar-refractivity contribution in [1.82, 2.24) is 20.3 Å². The largest absolute Gasteiger partial charge is 0.468 e. The molecular formula is C44H56N4O5. The van der Waals surface area contributed by atoms with E-state index in [1.807, 2.05) is 19.1 Å². The normalized spacial score (nSPS) is 23.4. The first-order chi connectivity index (χ1) is 25.2. The van der Waals surface area contributed by atoms with Crippen molar-refractivity contribution in [3.8, 4) is 0 Å². The molecule has 0 amide bonds. The molecule has 9 nitrogen and oxygen atoms in total. The van der Waals surface area contributed by atoms with Crippen LogP contribution in [0.5, 0.6) is 0 Å². The van der Waals surface area contributed by atoms with Crippen LogP contribution < -0.4 is 16.0 Å². The highest BCUT2D eigenvalue weighted by Crippen LogP contribution is 2.48. The Morgan fingerprint density at radius 2 is 1.53 bits per heavy atom. The molecule has 0 radical (unpaired) electrons. The summed E-state index contributed by atoms with van der Waals surface area (Å²) in [5.41, 5.74) is 12.8. The second-order valence-electron chi connectivity index (χ2n) is 15.6. The van der Waals surface area contributed by atoms with Crippen LogP contribution in [0.25, 0.3) is 23.8 Å². The molecule has 282 valence electrons. The number of carbonyl (C=O) groups excluding carboxylic acids is 3. The van der Waals surface area contributed by atoms with Gasteiger partial charge >= 0.3 is 11.9 Å². The van der Waals surface area contributed by atoms with E-state index in [0.717, 1.165) is 85.8 Å². The quantitative estimate of drug-likeness (QED) is 0.0938. The zero-order chi connectivity index (χ0) is 38.3. The first-order valence-electron chi connectivity index (χ1n) is 19.2. The summed E-state index contributed by atoms with van der Waals surface area (Å²) in [5, 5.41) is 5.64. The van der Waals surface area contributed by atoms with Crippen LogP contribution in [0.3, 0.4) is 0 Å². The van der Waals surface area contributed by atoms with E-state index in [1.54, 1.807) is 0 Å². The number of Topliss-reactive ketones (excluding diaryl/α,β-unsaturated/α-hetero) is 1. The fourth-order valence-corrected chi connectivity index (χ4v) is 8.13. The van der Waals surface area contributed by atoms with Gasteiger partial charge in [-0.15, -0.1) is 0 Å². The third-order valence-corrected chi connectivity index (χ3v) is 12.3. The Morgan fingerprint density at radius 1 is 0.887 bits per heavy atom. The van der Waals surface area contributed by atoms with Crippen LogP contribution in [0.2, 0.25) is 0 Å². The molecule has 0 saturated carbocycles. The summed E-state index contributed by atoms with van der Waals surface area (Å²) in [6, 6.07) is 0. The van der Waals surface area contributed by atoms with Crippen molar-refractivity contribution in [3.05, 3.63) is 89.9 Å². The average Bonchev–Trinajstić information content (AvgIpc) is 3.86. The van der Waals surface area contributed by atoms with Gasteiger partial charge in [0.15, 0.2) is 5.78 Å². The molecule has 3 aliphatic rings. The molecule has 0 aromatic carbocycles. The molecule has 3 aromatic heterocycles. The van der Waals surface area contributed by atoms with E-state index in [0.29, 0.717) is 23.3 Å². The lowest BCUT2D eigenvalue weighted by atomic mass is 9.85. The van der Waals surface area contributed by atoms with Crippen molar-refractivity contribution in [2.45, 2.75) is 101 Å². The molecular weight excluding hydrogens is 665 g/mol. The van der Waals surface area contributed by atoms with Gasteiger partial charge in [-0.25, -0.2) is 0 Å². The molecule has 6 rings (SSSR count). The van der Waals surface area contributed by atoms with Crippen LogP contribution in [-0.4, -0.2) is 46.4 Å². The number of rotatable bonds is 11. The second kappa shape index (κ2) is 15.3. The molecule has 5 heterocycles. The summed E-state index contributed by atoms with van der Waals surface area (Å²) in [4.78, 5) is 51.7. The summed E-state index contributed by atoms with van der Waals surface area (Å²) < 4.78 is 11.0. The van der Waals surface area contributed by atoms with Gasteiger partial charge in [0.25, 0.3) is 0 Å². The summed E-state index contributed by atoms with van der Waals surface area (Å²) in [6.45, 7) is 19.4. The number of H-pyrrole nitrogens is 3. The molecule has 0 spiro atoms.